The van der Waals surface area contributed by atoms with Gasteiger partial charge in [0.25, 0.3) is 5.56 Å². The van der Waals surface area contributed by atoms with Gasteiger partial charge in [-0.15, -0.1) is 0 Å². The second-order valence-corrected chi connectivity index (χ2v) is 12.4. The smallest absolute Gasteiger partial charge is 0.432 e. The maximum atomic E-state index is 14.9. The van der Waals surface area contributed by atoms with E-state index in [1.807, 2.05) is 0 Å². The largest absolute Gasteiger partial charge is 0.510 e. The Hall–Kier alpha value is -2.94. The number of aromatic nitrogens is 2. The molecule has 47 heavy (non-hydrogen) atoms. The fraction of sp³-hybridized carbons (Fsp3) is 0.769. The number of nitrogens with zero attached hydrogens (tertiary/aromatic N) is 1. The fourth-order valence-corrected chi connectivity index (χ4v) is 5.91. The molecule has 0 bridgehead atoms. The van der Waals surface area contributed by atoms with Gasteiger partial charge in [-0.3, -0.25) is 18.9 Å². The molecule has 1 aromatic rings. The zero-order valence-corrected chi connectivity index (χ0v) is 27.1. The van der Waals surface area contributed by atoms with Crippen molar-refractivity contribution in [1.29, 1.82) is 0 Å². The van der Waals surface area contributed by atoms with Crippen LogP contribution in [0.25, 0.3) is 0 Å². The molecule has 2 fully saturated rings. The maximum absolute atomic E-state index is 14.9. The number of hydrogen-bond donors (Lipinski definition) is 2. The molecule has 21 heteroatoms. The van der Waals surface area contributed by atoms with Crippen LogP contribution in [0.3, 0.4) is 0 Å². The van der Waals surface area contributed by atoms with E-state index in [1.165, 1.54) is 21.1 Å². The Morgan fingerprint density at radius 3 is 2.09 bits per heavy atom. The minimum Gasteiger partial charge on any atom is -0.432 e. The van der Waals surface area contributed by atoms with Crippen molar-refractivity contribution in [2.24, 2.45) is 0 Å². The molecule has 2 aliphatic rings. The van der Waals surface area contributed by atoms with Gasteiger partial charge in [-0.25, -0.2) is 32.4 Å². The Morgan fingerprint density at radius 2 is 1.57 bits per heavy atom. The van der Waals surface area contributed by atoms with Crippen LogP contribution in [0.4, 0.5) is 14.0 Å². The molecular weight excluding hydrogens is 662 g/mol. The number of phosphoric ester groups is 1. The lowest BCUT2D eigenvalue weighted by molar-refractivity contribution is -0.277. The van der Waals surface area contributed by atoms with E-state index in [-0.39, 0.29) is 45.7 Å². The topological polar surface area (TPSA) is 228 Å². The average Bonchev–Trinajstić information content (AvgIpc) is 3.56. The van der Waals surface area contributed by atoms with Crippen molar-refractivity contribution in [2.75, 3.05) is 67.5 Å². The van der Waals surface area contributed by atoms with E-state index < -0.39 is 81.5 Å². The Kier molecular flexibility index (Phi) is 14.3. The Balaban J connectivity index is 1.79. The minimum atomic E-state index is -4.86. The molecule has 0 aromatic carbocycles. The van der Waals surface area contributed by atoms with Crippen LogP contribution >= 0.6 is 7.82 Å². The molecule has 0 spiro atoms. The Labute approximate surface area is 268 Å². The van der Waals surface area contributed by atoms with Crippen LogP contribution in [0.5, 0.6) is 0 Å². The highest BCUT2D eigenvalue weighted by molar-refractivity contribution is 7.48. The predicted octanol–water partition coefficient (Wildman–Crippen LogP) is 1.87. The van der Waals surface area contributed by atoms with Crippen LogP contribution in [0.1, 0.15) is 45.3 Å². The summed E-state index contributed by atoms with van der Waals surface area (Å²) >= 11 is 0. The molecule has 3 atom stereocenters. The van der Waals surface area contributed by atoms with Gasteiger partial charge in [0.15, 0.2) is 12.0 Å². The van der Waals surface area contributed by atoms with Gasteiger partial charge in [0.1, 0.15) is 31.1 Å². The monoisotopic (exact) mass is 702 g/mol. The third-order valence-electron chi connectivity index (χ3n) is 6.99. The summed E-state index contributed by atoms with van der Waals surface area (Å²) in [5.41, 5.74) is -5.22. The van der Waals surface area contributed by atoms with Crippen LogP contribution in [0.15, 0.2) is 21.9 Å². The predicted molar refractivity (Wildman–Crippen MR) is 152 cm³/mol. The molecule has 268 valence electrons. The first kappa shape index (κ1) is 38.5. The average molecular weight is 703 g/mol. The molecule has 0 radical (unpaired) electrons. The number of nitrogens with one attached hydrogen (secondary N) is 1. The standard InChI is InChI=1S/C26H40FN2O17P/c1-24(46-26(34)7-4-5-8-26)14-25(15-27,45-20(24)29-9-6-19(30)28-21(29)31)16-42-47(35,43-17-40-22(32)38-12-10-36-2)44-18-41-23(33)39-13-11-37-3/h6,9,20,34H,4-5,7-8,10-18H2,1-3H3,(H,28,30,31)/t20-,24-,25-/m1/s1. The summed E-state index contributed by atoms with van der Waals surface area (Å²) in [6.07, 6.45) is -1.32. The number of carbonyl (C=O) groups is 2. The molecule has 2 N–H and O–H groups in total. The zero-order valence-electron chi connectivity index (χ0n) is 26.2. The second-order valence-electron chi connectivity index (χ2n) is 10.7. The molecule has 1 aliphatic carbocycles. The first-order chi connectivity index (χ1) is 22.3. The molecule has 1 saturated carbocycles. The maximum Gasteiger partial charge on any atom is 0.510 e. The molecule has 1 aliphatic heterocycles. The van der Waals surface area contributed by atoms with Gasteiger partial charge in [-0.05, 0) is 19.8 Å². The van der Waals surface area contributed by atoms with Crippen molar-refractivity contribution >= 4 is 20.1 Å². The summed E-state index contributed by atoms with van der Waals surface area (Å²) < 4.78 is 85.2. The van der Waals surface area contributed by atoms with Crippen molar-refractivity contribution in [2.45, 2.75) is 62.2 Å². The van der Waals surface area contributed by atoms with Crippen molar-refractivity contribution in [3.63, 3.8) is 0 Å². The summed E-state index contributed by atoms with van der Waals surface area (Å²) in [5.74, 6) is -1.62. The number of ether oxygens (including phenoxy) is 8. The summed E-state index contributed by atoms with van der Waals surface area (Å²) in [5, 5.41) is 11.1. The quantitative estimate of drug-likeness (QED) is 0.0907. The molecule has 2 heterocycles. The minimum absolute atomic E-state index is 0.0655. The van der Waals surface area contributed by atoms with Crippen molar-refractivity contribution < 1.29 is 75.1 Å². The van der Waals surface area contributed by atoms with Gasteiger partial charge >= 0.3 is 25.8 Å². The lowest BCUT2D eigenvalue weighted by Gasteiger charge is -2.37. The van der Waals surface area contributed by atoms with Crippen LogP contribution in [0.2, 0.25) is 0 Å². The van der Waals surface area contributed by atoms with E-state index in [4.69, 9.17) is 42.0 Å². The molecule has 19 nitrogen and oxygen atoms in total. The number of halogens is 1. The number of H-pyrrole nitrogens is 1. The molecule has 3 rings (SSSR count). The van der Waals surface area contributed by atoms with E-state index in [9.17, 15) is 33.2 Å². The number of carbonyl (C=O) groups excluding carboxylic acids is 2. The van der Waals surface area contributed by atoms with Crippen LogP contribution in [-0.2, 0) is 56.0 Å². The van der Waals surface area contributed by atoms with Crippen LogP contribution in [-0.4, -0.2) is 111 Å². The van der Waals surface area contributed by atoms with E-state index in [0.29, 0.717) is 12.8 Å². The number of rotatable bonds is 19. The van der Waals surface area contributed by atoms with Crippen molar-refractivity contribution in [3.05, 3.63) is 33.1 Å². The van der Waals surface area contributed by atoms with Crippen LogP contribution < -0.4 is 11.2 Å². The third-order valence-corrected chi connectivity index (χ3v) is 8.28. The van der Waals surface area contributed by atoms with Crippen molar-refractivity contribution in [3.8, 4) is 0 Å². The Morgan fingerprint density at radius 1 is 1.00 bits per heavy atom. The Bertz CT molecular complexity index is 1300. The lowest BCUT2D eigenvalue weighted by atomic mass is 9.91. The molecule has 0 unspecified atom stereocenters. The first-order valence-corrected chi connectivity index (χ1v) is 15.8. The summed E-state index contributed by atoms with van der Waals surface area (Å²) in [6, 6.07) is 1.04. The van der Waals surface area contributed by atoms with E-state index in [0.717, 1.165) is 16.8 Å². The number of methoxy groups -OCH3 is 2. The van der Waals surface area contributed by atoms with Gasteiger partial charge in [-0.2, -0.15) is 0 Å². The number of alkyl halides is 1. The molecular formula is C26H40FN2O17P. The van der Waals surface area contributed by atoms with Gasteiger partial charge in [-0.1, -0.05) is 0 Å². The number of aliphatic hydroxyl groups is 1. The highest BCUT2D eigenvalue weighted by Crippen LogP contribution is 2.54. The fourth-order valence-electron chi connectivity index (χ4n) is 4.93. The molecule has 1 aromatic heterocycles. The van der Waals surface area contributed by atoms with E-state index >= 15 is 0 Å². The SMILES string of the molecule is COCCOC(=O)OCOP(=O)(OCOC(=O)OCCOC)OC[C@]1(CF)C[C@@](C)(OC2(O)CCCC2)[C@H](n2ccc(=O)[nH]c2=O)O1. The van der Waals surface area contributed by atoms with E-state index in [1.54, 1.807) is 0 Å². The summed E-state index contributed by atoms with van der Waals surface area (Å²) in [7, 11) is -2.11. The van der Waals surface area contributed by atoms with Gasteiger partial charge in [0.05, 0.1) is 19.8 Å². The number of hydrogen-bond acceptors (Lipinski definition) is 17. The summed E-state index contributed by atoms with van der Waals surface area (Å²) in [6.45, 7) is -3.00. The van der Waals surface area contributed by atoms with Crippen molar-refractivity contribution in [1.82, 2.24) is 9.55 Å². The van der Waals surface area contributed by atoms with Gasteiger partial charge in [0, 0.05) is 45.7 Å². The zero-order chi connectivity index (χ0) is 34.6. The molecule has 0 amide bonds. The van der Waals surface area contributed by atoms with Gasteiger partial charge in [0.2, 0.25) is 13.6 Å². The first-order valence-electron chi connectivity index (χ1n) is 14.4. The third kappa shape index (κ3) is 11.3. The number of aromatic amines is 1. The highest BCUT2D eigenvalue weighted by atomic mass is 31.2. The normalized spacial score (nSPS) is 23.8. The second kappa shape index (κ2) is 17.5. The summed E-state index contributed by atoms with van der Waals surface area (Å²) in [4.78, 5) is 50.1. The molecule has 1 saturated heterocycles. The van der Waals surface area contributed by atoms with Crippen LogP contribution in [0, 0.1) is 0 Å². The lowest BCUT2D eigenvalue weighted by Crippen LogP contribution is -2.47. The number of phosphoric acid groups is 1. The van der Waals surface area contributed by atoms with Gasteiger partial charge < -0.3 is 43.0 Å². The van der Waals surface area contributed by atoms with E-state index in [2.05, 4.69) is 14.5 Å². The highest BCUT2D eigenvalue weighted by Gasteiger charge is 2.59.